The molecule has 146 valence electrons. The molecule has 1 saturated heterocycles. The van der Waals surface area contributed by atoms with Gasteiger partial charge in [0.1, 0.15) is 0 Å². The SMILES string of the molecule is COc1cc(F)c(NC(=O)N2CCN(c3cccc4cc[nH]c34)CC2)cc1F. The average molecular weight is 386 g/mol. The van der Waals surface area contributed by atoms with E-state index in [-0.39, 0.29) is 11.4 Å². The van der Waals surface area contributed by atoms with Crippen molar-refractivity contribution in [1.29, 1.82) is 0 Å². The lowest BCUT2D eigenvalue weighted by atomic mass is 10.2. The zero-order valence-electron chi connectivity index (χ0n) is 15.3. The molecule has 0 atom stereocenters. The van der Waals surface area contributed by atoms with Crippen LogP contribution >= 0.6 is 0 Å². The highest BCUT2D eigenvalue weighted by Crippen LogP contribution is 2.27. The number of urea groups is 1. The van der Waals surface area contributed by atoms with Crippen molar-refractivity contribution in [3.05, 3.63) is 54.2 Å². The highest BCUT2D eigenvalue weighted by Gasteiger charge is 2.23. The standard InChI is InChI=1S/C20H20F2N4O2/c1-28-18-12-14(21)16(11-15(18)22)24-20(27)26-9-7-25(8-10-26)17-4-2-3-13-5-6-23-19(13)17/h2-6,11-12,23H,7-10H2,1H3,(H,24,27). The molecule has 0 bridgehead atoms. The zero-order chi connectivity index (χ0) is 19.7. The first-order valence-electron chi connectivity index (χ1n) is 8.97. The van der Waals surface area contributed by atoms with Crippen LogP contribution in [0.2, 0.25) is 0 Å². The maximum absolute atomic E-state index is 14.1. The van der Waals surface area contributed by atoms with Crippen molar-refractivity contribution in [2.24, 2.45) is 0 Å². The number of aromatic amines is 1. The highest BCUT2D eigenvalue weighted by atomic mass is 19.1. The molecule has 0 aliphatic carbocycles. The number of ether oxygens (including phenoxy) is 1. The largest absolute Gasteiger partial charge is 0.494 e. The number of fused-ring (bicyclic) bond motifs is 1. The fourth-order valence-corrected chi connectivity index (χ4v) is 3.46. The molecule has 0 saturated carbocycles. The number of rotatable bonds is 3. The summed E-state index contributed by atoms with van der Waals surface area (Å²) in [6.07, 6.45) is 1.90. The predicted octanol–water partition coefficient (Wildman–Crippen LogP) is 3.81. The van der Waals surface area contributed by atoms with Crippen LogP contribution in [0.1, 0.15) is 0 Å². The Morgan fingerprint density at radius 3 is 2.64 bits per heavy atom. The van der Waals surface area contributed by atoms with Gasteiger partial charge in [0.2, 0.25) is 0 Å². The molecule has 28 heavy (non-hydrogen) atoms. The maximum Gasteiger partial charge on any atom is 0.322 e. The number of halogens is 2. The molecule has 1 fully saturated rings. The van der Waals surface area contributed by atoms with Crippen LogP contribution in [0.25, 0.3) is 10.9 Å². The summed E-state index contributed by atoms with van der Waals surface area (Å²) in [5, 5.41) is 3.58. The number of hydrogen-bond acceptors (Lipinski definition) is 3. The van der Waals surface area contributed by atoms with E-state index in [4.69, 9.17) is 4.74 Å². The second-order valence-corrected chi connectivity index (χ2v) is 6.59. The minimum atomic E-state index is -0.747. The molecule has 6 nitrogen and oxygen atoms in total. The van der Waals surface area contributed by atoms with Crippen LogP contribution in [0.15, 0.2) is 42.6 Å². The molecule has 8 heteroatoms. The van der Waals surface area contributed by atoms with E-state index in [0.29, 0.717) is 26.2 Å². The Balaban J connectivity index is 1.42. The van der Waals surface area contributed by atoms with Crippen molar-refractivity contribution in [3.63, 3.8) is 0 Å². The first-order valence-corrected chi connectivity index (χ1v) is 8.97. The summed E-state index contributed by atoms with van der Waals surface area (Å²) in [5.74, 6) is -1.69. The summed E-state index contributed by atoms with van der Waals surface area (Å²) >= 11 is 0. The molecule has 1 aromatic heterocycles. The first-order chi connectivity index (χ1) is 13.6. The van der Waals surface area contributed by atoms with E-state index in [1.807, 2.05) is 30.5 Å². The van der Waals surface area contributed by atoms with Crippen LogP contribution in [0.5, 0.6) is 5.75 Å². The van der Waals surface area contributed by atoms with Gasteiger partial charge in [-0.2, -0.15) is 0 Å². The van der Waals surface area contributed by atoms with E-state index >= 15 is 0 Å². The van der Waals surface area contributed by atoms with E-state index in [9.17, 15) is 13.6 Å². The molecular weight excluding hydrogens is 366 g/mol. The van der Waals surface area contributed by atoms with Crippen molar-refractivity contribution in [1.82, 2.24) is 9.88 Å². The number of H-pyrrole nitrogens is 1. The Morgan fingerprint density at radius 1 is 1.11 bits per heavy atom. The minimum absolute atomic E-state index is 0.206. The van der Waals surface area contributed by atoms with Gasteiger partial charge in [-0.3, -0.25) is 0 Å². The van der Waals surface area contributed by atoms with Crippen LogP contribution in [-0.2, 0) is 0 Å². The minimum Gasteiger partial charge on any atom is -0.494 e. The first kappa shape index (κ1) is 18.1. The molecule has 0 unspecified atom stereocenters. The van der Waals surface area contributed by atoms with Gasteiger partial charge in [0, 0.05) is 49.9 Å². The number of carbonyl (C=O) groups excluding carboxylic acids is 1. The van der Waals surface area contributed by atoms with E-state index < -0.39 is 17.7 Å². The number of amides is 2. The van der Waals surface area contributed by atoms with Gasteiger partial charge in [-0.15, -0.1) is 0 Å². The molecule has 2 aromatic carbocycles. The van der Waals surface area contributed by atoms with Gasteiger partial charge in [0.15, 0.2) is 17.4 Å². The number of methoxy groups -OCH3 is 1. The van der Waals surface area contributed by atoms with Gasteiger partial charge >= 0.3 is 6.03 Å². The zero-order valence-corrected chi connectivity index (χ0v) is 15.3. The van der Waals surface area contributed by atoms with Gasteiger partial charge in [0.25, 0.3) is 0 Å². The molecule has 0 spiro atoms. The van der Waals surface area contributed by atoms with Gasteiger partial charge in [-0.1, -0.05) is 12.1 Å². The molecule has 4 rings (SSSR count). The number of para-hydroxylation sites is 1. The van der Waals surface area contributed by atoms with Crippen molar-refractivity contribution >= 4 is 28.3 Å². The Morgan fingerprint density at radius 2 is 1.89 bits per heavy atom. The van der Waals surface area contributed by atoms with Gasteiger partial charge < -0.3 is 24.8 Å². The van der Waals surface area contributed by atoms with Gasteiger partial charge in [0.05, 0.1) is 24.0 Å². The van der Waals surface area contributed by atoms with E-state index in [2.05, 4.69) is 15.2 Å². The molecule has 0 radical (unpaired) electrons. The quantitative estimate of drug-likeness (QED) is 0.720. The summed E-state index contributed by atoms with van der Waals surface area (Å²) in [6.45, 7) is 2.24. The Hall–Kier alpha value is -3.29. The van der Waals surface area contributed by atoms with Crippen LogP contribution in [0, 0.1) is 11.6 Å². The molecule has 3 aromatic rings. The number of nitrogens with one attached hydrogen (secondary N) is 2. The number of nitrogens with zero attached hydrogens (tertiary/aromatic N) is 2. The van der Waals surface area contributed by atoms with Crippen molar-refractivity contribution in [2.45, 2.75) is 0 Å². The number of anilines is 2. The van der Waals surface area contributed by atoms with E-state index in [1.165, 1.54) is 7.11 Å². The van der Waals surface area contributed by atoms with Crippen LogP contribution in [-0.4, -0.2) is 49.2 Å². The van der Waals surface area contributed by atoms with E-state index in [1.54, 1.807) is 4.90 Å². The Labute approximate surface area is 160 Å². The number of piperazine rings is 1. The highest BCUT2D eigenvalue weighted by molar-refractivity contribution is 5.92. The summed E-state index contributed by atoms with van der Waals surface area (Å²) in [6, 6.07) is 9.50. The summed E-state index contributed by atoms with van der Waals surface area (Å²) in [5.41, 5.74) is 1.95. The molecular formula is C20H20F2N4O2. The summed E-state index contributed by atoms with van der Waals surface area (Å²) in [4.78, 5) is 19.5. The lowest BCUT2D eigenvalue weighted by Crippen LogP contribution is -2.50. The van der Waals surface area contributed by atoms with Crippen molar-refractivity contribution in [3.8, 4) is 5.75 Å². The Bertz CT molecular complexity index is 1010. The van der Waals surface area contributed by atoms with Gasteiger partial charge in [-0.25, -0.2) is 13.6 Å². The third kappa shape index (κ3) is 3.33. The fourth-order valence-electron chi connectivity index (χ4n) is 3.46. The monoisotopic (exact) mass is 386 g/mol. The van der Waals surface area contributed by atoms with Gasteiger partial charge in [-0.05, 0) is 12.1 Å². The smallest absolute Gasteiger partial charge is 0.322 e. The topological polar surface area (TPSA) is 60.6 Å². The maximum atomic E-state index is 14.1. The van der Waals surface area contributed by atoms with Crippen LogP contribution < -0.4 is 15.0 Å². The van der Waals surface area contributed by atoms with Crippen LogP contribution in [0.4, 0.5) is 25.0 Å². The molecule has 2 N–H and O–H groups in total. The third-order valence-corrected chi connectivity index (χ3v) is 4.96. The summed E-state index contributed by atoms with van der Waals surface area (Å²) < 4.78 is 32.6. The third-order valence-electron chi connectivity index (χ3n) is 4.96. The van der Waals surface area contributed by atoms with Crippen molar-refractivity contribution < 1.29 is 18.3 Å². The lowest BCUT2D eigenvalue weighted by Gasteiger charge is -2.36. The molecule has 2 amide bonds. The number of hydrogen-bond donors (Lipinski definition) is 2. The lowest BCUT2D eigenvalue weighted by molar-refractivity contribution is 0.208. The number of aromatic nitrogens is 1. The number of carbonyl (C=O) groups is 1. The van der Waals surface area contributed by atoms with Crippen LogP contribution in [0.3, 0.4) is 0 Å². The molecule has 1 aliphatic rings. The molecule has 1 aliphatic heterocycles. The average Bonchev–Trinajstić information content (AvgIpc) is 3.19. The second kappa shape index (κ2) is 7.38. The number of benzene rings is 2. The van der Waals surface area contributed by atoms with E-state index in [0.717, 1.165) is 28.7 Å². The fraction of sp³-hybridized carbons (Fsp3) is 0.250. The normalized spacial score (nSPS) is 14.4. The summed E-state index contributed by atoms with van der Waals surface area (Å²) in [7, 11) is 1.25. The molecule has 2 heterocycles. The predicted molar refractivity (Wildman–Crippen MR) is 104 cm³/mol. The second-order valence-electron chi connectivity index (χ2n) is 6.59. The van der Waals surface area contributed by atoms with Crippen molar-refractivity contribution in [2.75, 3.05) is 43.5 Å². The Kier molecular flexibility index (Phi) is 4.77.